The van der Waals surface area contributed by atoms with E-state index in [1.54, 1.807) is 0 Å². The van der Waals surface area contributed by atoms with Gasteiger partial charge in [-0.1, -0.05) is 23.2 Å². The summed E-state index contributed by atoms with van der Waals surface area (Å²) in [6, 6.07) is 0. The Kier molecular flexibility index (Phi) is 1.03. The summed E-state index contributed by atoms with van der Waals surface area (Å²) in [6.45, 7) is 0. The van der Waals surface area contributed by atoms with Gasteiger partial charge in [0.05, 0.1) is 0 Å². The molecule has 0 bridgehead atoms. The molecule has 0 heterocycles. The lowest BCUT2D eigenvalue weighted by atomic mass is 10.8. The van der Waals surface area contributed by atoms with E-state index in [0.29, 0.717) is 0 Å². The second-order valence-corrected chi connectivity index (χ2v) is 2.50. The Morgan fingerprint density at radius 2 is 1.25 bits per heavy atom. The molecule has 1 fully saturated rings. The third kappa shape index (κ3) is 0.490. The second-order valence-electron chi connectivity index (χ2n) is 1.46. The van der Waals surface area contributed by atoms with Crippen LogP contribution in [0.3, 0.4) is 0 Å². The fourth-order valence-electron chi connectivity index (χ4n) is 0.261. The highest BCUT2D eigenvalue weighted by Crippen LogP contribution is 2.68. The van der Waals surface area contributed by atoms with E-state index in [9.17, 15) is 13.2 Å². The number of alkyl halides is 4. The van der Waals surface area contributed by atoms with E-state index in [0.717, 1.165) is 0 Å². The monoisotopic (exact) mass is 163 g/mol. The van der Waals surface area contributed by atoms with E-state index in [1.165, 1.54) is 0 Å². The van der Waals surface area contributed by atoms with Gasteiger partial charge < -0.3 is 0 Å². The molecule has 1 radical (unpaired) electrons. The maximum Gasteiger partial charge on any atom is 0.276 e. The van der Waals surface area contributed by atoms with E-state index < -0.39 is 16.4 Å². The summed E-state index contributed by atoms with van der Waals surface area (Å²) in [6.07, 6.45) is -1.66. The molecule has 0 nitrogen and oxygen atoms in total. The van der Waals surface area contributed by atoms with Crippen molar-refractivity contribution in [3.63, 3.8) is 0 Å². The molecule has 47 valence electrons. The lowest BCUT2D eigenvalue weighted by Crippen LogP contribution is -1.99. The molecule has 1 aliphatic rings. The fraction of sp³-hybridized carbons (Fsp3) is 0.667. The van der Waals surface area contributed by atoms with Crippen LogP contribution in [0.1, 0.15) is 0 Å². The second kappa shape index (κ2) is 1.27. The van der Waals surface area contributed by atoms with Crippen molar-refractivity contribution in [2.45, 2.75) is 10.3 Å². The standard InChI is InChI=1S/C3Cl2F3/c4-2(7)1(6)3(2,5)8. The van der Waals surface area contributed by atoms with Crippen molar-refractivity contribution in [3.8, 4) is 0 Å². The van der Waals surface area contributed by atoms with Gasteiger partial charge in [0.2, 0.25) is 0 Å². The van der Waals surface area contributed by atoms with Gasteiger partial charge in [-0.25, -0.2) is 13.2 Å². The Labute approximate surface area is 53.6 Å². The van der Waals surface area contributed by atoms with Crippen LogP contribution in [0.25, 0.3) is 0 Å². The summed E-state index contributed by atoms with van der Waals surface area (Å²) in [5.41, 5.74) is 0. The molecular weight excluding hydrogens is 164 g/mol. The Bertz CT molecular complexity index is 108. The van der Waals surface area contributed by atoms with Crippen molar-refractivity contribution in [1.29, 1.82) is 0 Å². The van der Waals surface area contributed by atoms with E-state index in [-0.39, 0.29) is 0 Å². The SMILES string of the molecule is F[C]1C(F)(Cl)C1(F)Cl. The molecule has 8 heavy (non-hydrogen) atoms. The quantitative estimate of drug-likeness (QED) is 0.482. The predicted molar refractivity (Wildman–Crippen MR) is 23.7 cm³/mol. The van der Waals surface area contributed by atoms with Crippen LogP contribution < -0.4 is 0 Å². The average Bonchev–Trinajstić information content (AvgIpc) is 1.88. The third-order valence-electron chi connectivity index (χ3n) is 0.883. The molecule has 0 saturated heterocycles. The molecule has 1 aliphatic carbocycles. The molecule has 2 unspecified atom stereocenters. The number of rotatable bonds is 0. The lowest BCUT2D eigenvalue weighted by molar-refractivity contribution is 0.306. The summed E-state index contributed by atoms with van der Waals surface area (Å²) in [7, 11) is 0. The highest BCUT2D eigenvalue weighted by Gasteiger charge is 2.84. The summed E-state index contributed by atoms with van der Waals surface area (Å²) in [5, 5.41) is -6.15. The van der Waals surface area contributed by atoms with Gasteiger partial charge in [0.15, 0.2) is 0 Å². The minimum absolute atomic E-state index is 1.66. The molecule has 0 spiro atoms. The van der Waals surface area contributed by atoms with Crippen molar-refractivity contribution in [2.24, 2.45) is 0 Å². The van der Waals surface area contributed by atoms with Crippen LogP contribution in [0, 0.1) is 6.17 Å². The molecule has 0 aromatic carbocycles. The zero-order valence-corrected chi connectivity index (χ0v) is 4.90. The van der Waals surface area contributed by atoms with Crippen LogP contribution in [0.5, 0.6) is 0 Å². The molecule has 0 aliphatic heterocycles. The Morgan fingerprint density at radius 1 is 1.12 bits per heavy atom. The van der Waals surface area contributed by atoms with E-state index in [4.69, 9.17) is 0 Å². The highest BCUT2D eigenvalue weighted by molar-refractivity contribution is 6.41. The third-order valence-corrected chi connectivity index (χ3v) is 1.83. The smallest absolute Gasteiger partial charge is 0.229 e. The normalized spacial score (nSPS) is 56.6. The van der Waals surface area contributed by atoms with Crippen molar-refractivity contribution in [1.82, 2.24) is 0 Å². The molecule has 2 atom stereocenters. The van der Waals surface area contributed by atoms with Crippen molar-refractivity contribution >= 4 is 23.2 Å². The number of hydrogen-bond donors (Lipinski definition) is 0. The van der Waals surface area contributed by atoms with Gasteiger partial charge in [-0.15, -0.1) is 0 Å². The largest absolute Gasteiger partial charge is 0.276 e. The van der Waals surface area contributed by atoms with E-state index in [2.05, 4.69) is 23.2 Å². The van der Waals surface area contributed by atoms with Gasteiger partial charge in [-0.05, 0) is 0 Å². The summed E-state index contributed by atoms with van der Waals surface area (Å²) >= 11 is 9.00. The molecule has 0 aromatic rings. The van der Waals surface area contributed by atoms with Gasteiger partial charge in [0.25, 0.3) is 16.4 Å². The predicted octanol–water partition coefficient (Wildman–Crippen LogP) is 2.31. The molecule has 0 amide bonds. The van der Waals surface area contributed by atoms with Crippen LogP contribution in [0.4, 0.5) is 13.2 Å². The van der Waals surface area contributed by atoms with Gasteiger partial charge in [0, 0.05) is 0 Å². The van der Waals surface area contributed by atoms with Gasteiger partial charge in [-0.2, -0.15) is 0 Å². The van der Waals surface area contributed by atoms with Gasteiger partial charge >= 0.3 is 0 Å². The Hall–Kier alpha value is 0.370. The van der Waals surface area contributed by atoms with Crippen LogP contribution in [-0.2, 0) is 0 Å². The van der Waals surface area contributed by atoms with Crippen LogP contribution in [0.2, 0.25) is 0 Å². The molecule has 1 saturated carbocycles. The van der Waals surface area contributed by atoms with Crippen molar-refractivity contribution in [3.05, 3.63) is 6.17 Å². The lowest BCUT2D eigenvalue weighted by Gasteiger charge is -1.88. The van der Waals surface area contributed by atoms with Crippen LogP contribution in [0.15, 0.2) is 0 Å². The maximum absolute atomic E-state index is 11.8. The fourth-order valence-corrected chi connectivity index (χ4v) is 0.641. The van der Waals surface area contributed by atoms with E-state index in [1.807, 2.05) is 0 Å². The zero-order valence-electron chi connectivity index (χ0n) is 3.39. The van der Waals surface area contributed by atoms with Gasteiger partial charge in [0.1, 0.15) is 0 Å². The Balaban J connectivity index is 2.72. The zero-order chi connectivity index (χ0) is 6.58. The average molecular weight is 164 g/mol. The first kappa shape index (κ1) is 6.49. The molecule has 5 heteroatoms. The highest BCUT2D eigenvalue weighted by atomic mass is 35.5. The molecule has 0 N–H and O–H groups in total. The van der Waals surface area contributed by atoms with Gasteiger partial charge in [-0.3, -0.25) is 0 Å². The summed E-state index contributed by atoms with van der Waals surface area (Å²) in [5.74, 6) is 0. The minimum atomic E-state index is -3.07. The first-order valence-electron chi connectivity index (χ1n) is 1.69. The summed E-state index contributed by atoms with van der Waals surface area (Å²) < 4.78 is 35.2. The maximum atomic E-state index is 11.8. The molecule has 1 rings (SSSR count). The van der Waals surface area contributed by atoms with Crippen LogP contribution in [-0.4, -0.2) is 10.3 Å². The van der Waals surface area contributed by atoms with Crippen molar-refractivity contribution < 1.29 is 13.2 Å². The molecule has 0 aromatic heterocycles. The number of hydrogen-bond acceptors (Lipinski definition) is 0. The summed E-state index contributed by atoms with van der Waals surface area (Å²) in [4.78, 5) is 0. The minimum Gasteiger partial charge on any atom is -0.229 e. The van der Waals surface area contributed by atoms with Crippen LogP contribution >= 0.6 is 23.2 Å². The Morgan fingerprint density at radius 3 is 1.25 bits per heavy atom. The first-order valence-corrected chi connectivity index (χ1v) is 2.45. The first-order chi connectivity index (χ1) is 3.40. The molecular formula is C3Cl2F3. The topological polar surface area (TPSA) is 0 Å². The van der Waals surface area contributed by atoms with E-state index >= 15 is 0 Å². The number of halogens is 5. The van der Waals surface area contributed by atoms with Crippen molar-refractivity contribution in [2.75, 3.05) is 0 Å².